The van der Waals surface area contributed by atoms with Gasteiger partial charge in [0.2, 0.25) is 0 Å². The molecule has 0 saturated carbocycles. The van der Waals surface area contributed by atoms with Crippen molar-refractivity contribution in [2.75, 3.05) is 38.8 Å². The SMILES string of the molecule is COC(=O)CCSC(=O)NCCCCCCNC(=O)SCCC(=O)OC. The van der Waals surface area contributed by atoms with Crippen LogP contribution in [0.5, 0.6) is 0 Å². The van der Waals surface area contributed by atoms with Crippen LogP contribution >= 0.6 is 23.5 Å². The minimum absolute atomic E-state index is 0.134. The summed E-state index contributed by atoms with van der Waals surface area (Å²) in [5.74, 6) is 0.185. The van der Waals surface area contributed by atoms with E-state index in [4.69, 9.17) is 0 Å². The number of thioether (sulfide) groups is 2. The molecule has 2 N–H and O–H groups in total. The molecule has 0 aliphatic carbocycles. The molecule has 0 spiro atoms. The normalized spacial score (nSPS) is 10.1. The van der Waals surface area contributed by atoms with Gasteiger partial charge in [0.15, 0.2) is 0 Å². The molecule has 150 valence electrons. The number of unbranched alkanes of at least 4 members (excludes halogenated alkanes) is 3. The highest BCUT2D eigenvalue weighted by Gasteiger charge is 2.06. The summed E-state index contributed by atoms with van der Waals surface area (Å²) in [6.45, 7) is 1.19. The van der Waals surface area contributed by atoms with E-state index >= 15 is 0 Å². The van der Waals surface area contributed by atoms with E-state index in [0.29, 0.717) is 24.6 Å². The summed E-state index contributed by atoms with van der Waals surface area (Å²) in [7, 11) is 2.64. The van der Waals surface area contributed by atoms with Gasteiger partial charge < -0.3 is 20.1 Å². The standard InChI is InChI=1S/C16H28N2O6S2/c1-23-13(19)7-11-25-15(21)17-9-5-3-4-6-10-18-16(22)26-12-8-14(20)24-2/h3-12H2,1-2H3,(H,17,21)(H,18,22). The Morgan fingerprint density at radius 1 is 0.692 bits per heavy atom. The van der Waals surface area contributed by atoms with Crippen molar-refractivity contribution in [1.82, 2.24) is 10.6 Å². The second kappa shape index (κ2) is 17.0. The Kier molecular flexibility index (Phi) is 16.1. The van der Waals surface area contributed by atoms with E-state index in [-0.39, 0.29) is 35.3 Å². The first-order valence-electron chi connectivity index (χ1n) is 8.44. The summed E-state index contributed by atoms with van der Waals surface area (Å²) in [6.07, 6.45) is 4.09. The number of rotatable bonds is 13. The molecule has 0 rings (SSSR count). The lowest BCUT2D eigenvalue weighted by atomic mass is 10.2. The van der Waals surface area contributed by atoms with Crippen LogP contribution in [0.4, 0.5) is 9.59 Å². The number of hydrogen-bond donors (Lipinski definition) is 2. The number of esters is 2. The van der Waals surface area contributed by atoms with E-state index in [1.807, 2.05) is 0 Å². The molecule has 2 amide bonds. The van der Waals surface area contributed by atoms with Crippen molar-refractivity contribution in [3.8, 4) is 0 Å². The van der Waals surface area contributed by atoms with Gasteiger partial charge in [0.1, 0.15) is 0 Å². The predicted octanol–water partition coefficient (Wildman–Crippen LogP) is 2.56. The Morgan fingerprint density at radius 2 is 1.08 bits per heavy atom. The van der Waals surface area contributed by atoms with Crippen LogP contribution < -0.4 is 10.6 Å². The highest BCUT2D eigenvalue weighted by Crippen LogP contribution is 2.06. The average molecular weight is 409 g/mol. The Morgan fingerprint density at radius 3 is 1.42 bits per heavy atom. The maximum atomic E-state index is 11.5. The third kappa shape index (κ3) is 16.1. The Bertz CT molecular complexity index is 408. The Hall–Kier alpha value is -1.42. The maximum Gasteiger partial charge on any atom is 0.306 e. The molecule has 0 unspecified atom stereocenters. The molecule has 8 nitrogen and oxygen atoms in total. The zero-order chi connectivity index (χ0) is 19.6. The minimum Gasteiger partial charge on any atom is -0.469 e. The van der Waals surface area contributed by atoms with E-state index in [0.717, 1.165) is 49.2 Å². The fourth-order valence-corrected chi connectivity index (χ4v) is 3.06. The van der Waals surface area contributed by atoms with Gasteiger partial charge in [0.25, 0.3) is 10.5 Å². The quantitative estimate of drug-likeness (QED) is 0.353. The number of carbonyl (C=O) groups is 4. The Balaban J connectivity index is 3.37. The smallest absolute Gasteiger partial charge is 0.306 e. The maximum absolute atomic E-state index is 11.5. The molecule has 0 aromatic rings. The van der Waals surface area contributed by atoms with Gasteiger partial charge in [-0.3, -0.25) is 19.2 Å². The highest BCUT2D eigenvalue weighted by molar-refractivity contribution is 8.13. The number of ether oxygens (including phenoxy) is 2. The fourth-order valence-electron chi connectivity index (χ4n) is 1.74. The van der Waals surface area contributed by atoms with Gasteiger partial charge in [0.05, 0.1) is 27.1 Å². The number of nitrogens with one attached hydrogen (secondary N) is 2. The monoisotopic (exact) mass is 408 g/mol. The van der Waals surface area contributed by atoms with Gasteiger partial charge in [-0.25, -0.2) is 0 Å². The molecule has 0 fully saturated rings. The van der Waals surface area contributed by atoms with E-state index in [2.05, 4.69) is 20.1 Å². The average Bonchev–Trinajstić information content (AvgIpc) is 2.63. The van der Waals surface area contributed by atoms with Crippen molar-refractivity contribution in [2.24, 2.45) is 0 Å². The number of carbonyl (C=O) groups excluding carboxylic acids is 4. The molecule has 0 aromatic carbocycles. The van der Waals surface area contributed by atoms with Crippen LogP contribution in [0, 0.1) is 0 Å². The van der Waals surface area contributed by atoms with Crippen molar-refractivity contribution < 1.29 is 28.7 Å². The summed E-state index contributed by atoms with van der Waals surface area (Å²) >= 11 is 2.15. The topological polar surface area (TPSA) is 111 Å². The number of amides is 2. The zero-order valence-electron chi connectivity index (χ0n) is 15.3. The van der Waals surface area contributed by atoms with E-state index in [1.165, 1.54) is 14.2 Å². The van der Waals surface area contributed by atoms with E-state index < -0.39 is 0 Å². The van der Waals surface area contributed by atoms with Crippen molar-refractivity contribution in [3.63, 3.8) is 0 Å². The molecule has 0 atom stereocenters. The first-order valence-corrected chi connectivity index (χ1v) is 10.4. The van der Waals surface area contributed by atoms with Crippen LogP contribution in [0.3, 0.4) is 0 Å². The molecule has 10 heteroatoms. The van der Waals surface area contributed by atoms with Crippen molar-refractivity contribution in [1.29, 1.82) is 0 Å². The van der Waals surface area contributed by atoms with Gasteiger partial charge in [0, 0.05) is 24.6 Å². The lowest BCUT2D eigenvalue weighted by Crippen LogP contribution is -2.21. The van der Waals surface area contributed by atoms with Crippen LogP contribution in [0.1, 0.15) is 38.5 Å². The van der Waals surface area contributed by atoms with Gasteiger partial charge in [-0.2, -0.15) is 0 Å². The Labute approximate surface area is 162 Å². The van der Waals surface area contributed by atoms with Crippen molar-refractivity contribution >= 4 is 45.9 Å². The van der Waals surface area contributed by atoms with Gasteiger partial charge in [-0.15, -0.1) is 0 Å². The van der Waals surface area contributed by atoms with Crippen LogP contribution in [0.25, 0.3) is 0 Å². The molecule has 26 heavy (non-hydrogen) atoms. The molecule has 0 aliphatic rings. The fraction of sp³-hybridized carbons (Fsp3) is 0.750. The zero-order valence-corrected chi connectivity index (χ0v) is 17.0. The molecule has 0 heterocycles. The summed E-state index contributed by atoms with van der Waals surface area (Å²) in [4.78, 5) is 44.8. The largest absolute Gasteiger partial charge is 0.469 e. The number of methoxy groups -OCH3 is 2. The lowest BCUT2D eigenvalue weighted by Gasteiger charge is -2.06. The van der Waals surface area contributed by atoms with Gasteiger partial charge >= 0.3 is 11.9 Å². The second-order valence-corrected chi connectivity index (χ2v) is 7.33. The molecular weight excluding hydrogens is 380 g/mol. The summed E-state index contributed by atoms with van der Waals surface area (Å²) in [6, 6.07) is 0. The van der Waals surface area contributed by atoms with Gasteiger partial charge in [-0.05, 0) is 12.8 Å². The first-order chi connectivity index (χ1) is 12.5. The first kappa shape index (κ1) is 24.6. The lowest BCUT2D eigenvalue weighted by molar-refractivity contribution is -0.140. The number of hydrogen-bond acceptors (Lipinski definition) is 8. The second-order valence-electron chi connectivity index (χ2n) is 5.19. The molecule has 0 aromatic heterocycles. The van der Waals surface area contributed by atoms with E-state index in [9.17, 15) is 19.2 Å². The molecule has 0 saturated heterocycles. The van der Waals surface area contributed by atoms with Crippen molar-refractivity contribution in [2.45, 2.75) is 38.5 Å². The van der Waals surface area contributed by atoms with Crippen LogP contribution in [-0.2, 0) is 19.1 Å². The van der Waals surface area contributed by atoms with Crippen LogP contribution in [-0.4, -0.2) is 61.2 Å². The van der Waals surface area contributed by atoms with Gasteiger partial charge in [-0.1, -0.05) is 36.4 Å². The molecule has 0 bridgehead atoms. The van der Waals surface area contributed by atoms with Crippen molar-refractivity contribution in [3.05, 3.63) is 0 Å². The molecular formula is C16H28N2O6S2. The van der Waals surface area contributed by atoms with Crippen LogP contribution in [0.15, 0.2) is 0 Å². The summed E-state index contributed by atoms with van der Waals surface area (Å²) in [5, 5.41) is 5.30. The summed E-state index contributed by atoms with van der Waals surface area (Å²) in [5.41, 5.74) is 0. The minimum atomic E-state index is -0.320. The third-order valence-electron chi connectivity index (χ3n) is 3.18. The van der Waals surface area contributed by atoms with E-state index in [1.54, 1.807) is 0 Å². The summed E-state index contributed by atoms with van der Waals surface area (Å²) < 4.78 is 8.99. The highest BCUT2D eigenvalue weighted by atomic mass is 32.2. The molecule has 0 aliphatic heterocycles. The predicted molar refractivity (Wildman–Crippen MR) is 103 cm³/mol. The van der Waals surface area contributed by atoms with Crippen LogP contribution in [0.2, 0.25) is 0 Å². The molecule has 0 radical (unpaired) electrons. The third-order valence-corrected chi connectivity index (χ3v) is 4.81.